The van der Waals surface area contributed by atoms with Gasteiger partial charge in [-0.2, -0.15) is 18.6 Å². The molecule has 0 aliphatic heterocycles. The molecule has 6 heteroatoms. The number of carbonyl (C=O) groups is 1. The topological polar surface area (TPSA) is 46.9 Å². The molecule has 0 bridgehead atoms. The summed E-state index contributed by atoms with van der Waals surface area (Å²) >= 11 is 0. The molecule has 4 nitrogen and oxygen atoms in total. The Hall–Kier alpha value is -1.46. The summed E-state index contributed by atoms with van der Waals surface area (Å²) in [5, 5.41) is 5.92. The van der Waals surface area contributed by atoms with Crippen LogP contribution in [0.3, 0.4) is 0 Å². The quantitative estimate of drug-likeness (QED) is 0.764. The molecule has 1 amide bonds. The zero-order valence-corrected chi connectivity index (χ0v) is 8.41. The lowest BCUT2D eigenvalue weighted by atomic mass is 10.3. The minimum Gasteiger partial charge on any atom is -0.351 e. The van der Waals surface area contributed by atoms with Crippen molar-refractivity contribution in [3.8, 4) is 0 Å². The molecular weight excluding hydrogens is 204 g/mol. The second-order valence-corrected chi connectivity index (χ2v) is 3.05. The second kappa shape index (κ2) is 5.43. The van der Waals surface area contributed by atoms with Crippen molar-refractivity contribution < 1.29 is 13.6 Å². The van der Waals surface area contributed by atoms with Gasteiger partial charge in [0.15, 0.2) is 0 Å². The fourth-order valence-electron chi connectivity index (χ4n) is 1.12. The lowest BCUT2D eigenvalue weighted by molar-refractivity contribution is 0.0509. The highest BCUT2D eigenvalue weighted by molar-refractivity contribution is 5.92. The number of carbonyl (C=O) groups excluding carboxylic acids is 1. The first-order valence-electron chi connectivity index (χ1n) is 4.76. The largest absolute Gasteiger partial charge is 0.351 e. The van der Waals surface area contributed by atoms with Gasteiger partial charge in [-0.1, -0.05) is 13.3 Å². The molecule has 15 heavy (non-hydrogen) atoms. The summed E-state index contributed by atoms with van der Waals surface area (Å²) in [7, 11) is 0. The Kier molecular flexibility index (Phi) is 4.20. The average molecular weight is 217 g/mol. The number of alkyl halides is 2. The van der Waals surface area contributed by atoms with Gasteiger partial charge < -0.3 is 5.32 Å². The molecule has 0 saturated heterocycles. The van der Waals surface area contributed by atoms with Gasteiger partial charge in [0, 0.05) is 12.7 Å². The molecule has 0 aromatic carbocycles. The normalized spacial score (nSPS) is 10.7. The van der Waals surface area contributed by atoms with Crippen LogP contribution in [0.2, 0.25) is 0 Å². The highest BCUT2D eigenvalue weighted by Gasteiger charge is 2.16. The van der Waals surface area contributed by atoms with Crippen molar-refractivity contribution in [3.05, 3.63) is 18.0 Å². The Morgan fingerprint density at radius 1 is 1.67 bits per heavy atom. The molecule has 0 aliphatic rings. The molecule has 0 radical (unpaired) electrons. The van der Waals surface area contributed by atoms with E-state index < -0.39 is 12.5 Å². The number of aromatic nitrogens is 2. The monoisotopic (exact) mass is 217 g/mol. The summed E-state index contributed by atoms with van der Waals surface area (Å²) in [5.41, 5.74) is -0.110. The maximum Gasteiger partial charge on any atom is 0.333 e. The molecule has 0 fully saturated rings. The van der Waals surface area contributed by atoms with Crippen molar-refractivity contribution in [2.24, 2.45) is 0 Å². The number of nitrogens with one attached hydrogen (secondary N) is 1. The first-order chi connectivity index (χ1) is 7.16. The van der Waals surface area contributed by atoms with Crippen molar-refractivity contribution in [1.29, 1.82) is 0 Å². The van der Waals surface area contributed by atoms with Crippen LogP contribution in [0.4, 0.5) is 8.78 Å². The molecule has 1 N–H and O–H groups in total. The van der Waals surface area contributed by atoms with Crippen LogP contribution in [-0.2, 0) is 0 Å². The van der Waals surface area contributed by atoms with Gasteiger partial charge in [0.25, 0.3) is 5.91 Å². The number of amides is 1. The number of rotatable bonds is 5. The van der Waals surface area contributed by atoms with Gasteiger partial charge in [0.05, 0.1) is 0 Å². The van der Waals surface area contributed by atoms with Crippen LogP contribution in [0, 0.1) is 0 Å². The van der Waals surface area contributed by atoms with Crippen molar-refractivity contribution in [2.75, 3.05) is 6.54 Å². The van der Waals surface area contributed by atoms with Crippen LogP contribution in [0.5, 0.6) is 0 Å². The number of hydrogen-bond donors (Lipinski definition) is 1. The van der Waals surface area contributed by atoms with Crippen LogP contribution in [0.15, 0.2) is 12.3 Å². The van der Waals surface area contributed by atoms with Gasteiger partial charge in [-0.15, -0.1) is 0 Å². The summed E-state index contributed by atoms with van der Waals surface area (Å²) in [6.45, 7) is -0.314. The summed E-state index contributed by atoms with van der Waals surface area (Å²) in [6, 6.07) is 1.27. The van der Waals surface area contributed by atoms with Crippen molar-refractivity contribution in [2.45, 2.75) is 26.3 Å². The van der Waals surface area contributed by atoms with E-state index in [2.05, 4.69) is 10.4 Å². The zero-order valence-electron chi connectivity index (χ0n) is 8.41. The number of hydrogen-bond acceptors (Lipinski definition) is 2. The van der Waals surface area contributed by atoms with E-state index in [4.69, 9.17) is 0 Å². The zero-order chi connectivity index (χ0) is 11.3. The Balaban J connectivity index is 2.61. The van der Waals surface area contributed by atoms with E-state index >= 15 is 0 Å². The van der Waals surface area contributed by atoms with Gasteiger partial charge in [0.2, 0.25) is 0 Å². The van der Waals surface area contributed by atoms with Crippen molar-refractivity contribution >= 4 is 5.91 Å². The predicted octanol–water partition coefficient (Wildman–Crippen LogP) is 1.81. The molecular formula is C9H13F2N3O. The molecule has 0 aliphatic carbocycles. The van der Waals surface area contributed by atoms with Gasteiger partial charge in [-0.05, 0) is 12.5 Å². The minimum atomic E-state index is -2.79. The number of halogens is 2. The van der Waals surface area contributed by atoms with Crippen LogP contribution in [-0.4, -0.2) is 22.2 Å². The van der Waals surface area contributed by atoms with Crippen molar-refractivity contribution in [3.63, 3.8) is 0 Å². The number of unbranched alkanes of at least 4 members (excludes halogenated alkanes) is 1. The molecule has 0 unspecified atom stereocenters. The molecule has 84 valence electrons. The average Bonchev–Trinajstić information content (AvgIpc) is 2.66. The Labute approximate surface area is 86.3 Å². The third-order valence-electron chi connectivity index (χ3n) is 1.90. The summed E-state index contributed by atoms with van der Waals surface area (Å²) < 4.78 is 25.1. The molecule has 1 aromatic rings. The van der Waals surface area contributed by atoms with E-state index in [9.17, 15) is 13.6 Å². The molecule has 0 spiro atoms. The van der Waals surface area contributed by atoms with Crippen LogP contribution in [0.25, 0.3) is 0 Å². The maximum atomic E-state index is 12.3. The predicted molar refractivity (Wildman–Crippen MR) is 50.7 cm³/mol. The van der Waals surface area contributed by atoms with E-state index in [0.29, 0.717) is 11.2 Å². The van der Waals surface area contributed by atoms with Gasteiger partial charge in [0.1, 0.15) is 5.69 Å². The van der Waals surface area contributed by atoms with Crippen molar-refractivity contribution in [1.82, 2.24) is 15.1 Å². The van der Waals surface area contributed by atoms with Gasteiger partial charge in [-0.3, -0.25) is 4.79 Å². The van der Waals surface area contributed by atoms with E-state index in [1.54, 1.807) is 0 Å². The number of nitrogens with zero attached hydrogens (tertiary/aromatic N) is 2. The minimum absolute atomic E-state index is 0.110. The first kappa shape index (κ1) is 11.6. The Bertz CT molecular complexity index is 325. The smallest absolute Gasteiger partial charge is 0.333 e. The third-order valence-corrected chi connectivity index (χ3v) is 1.90. The molecule has 1 rings (SSSR count). The Morgan fingerprint density at radius 2 is 2.40 bits per heavy atom. The van der Waals surface area contributed by atoms with Crippen LogP contribution >= 0.6 is 0 Å². The van der Waals surface area contributed by atoms with E-state index in [1.165, 1.54) is 12.3 Å². The summed E-state index contributed by atoms with van der Waals surface area (Å²) in [4.78, 5) is 11.4. The Morgan fingerprint density at radius 3 is 3.00 bits per heavy atom. The van der Waals surface area contributed by atoms with Crippen LogP contribution in [0.1, 0.15) is 36.8 Å². The summed E-state index contributed by atoms with van der Waals surface area (Å²) in [5.74, 6) is -0.513. The first-order valence-corrected chi connectivity index (χ1v) is 4.76. The lowest BCUT2D eigenvalue weighted by Gasteiger charge is -2.06. The van der Waals surface area contributed by atoms with E-state index in [0.717, 1.165) is 12.8 Å². The van der Waals surface area contributed by atoms with Crippen LogP contribution < -0.4 is 5.32 Å². The standard InChI is InChI=1S/C9H13F2N3O/c1-2-3-5-12-8(15)7-4-6-13-14(7)9(10)11/h4,6,9H,2-3,5H2,1H3,(H,12,15). The fourth-order valence-corrected chi connectivity index (χ4v) is 1.12. The molecule has 1 aromatic heterocycles. The van der Waals surface area contributed by atoms with Gasteiger partial charge in [-0.25, -0.2) is 0 Å². The van der Waals surface area contributed by atoms with E-state index in [1.807, 2.05) is 6.92 Å². The third kappa shape index (κ3) is 3.00. The summed E-state index contributed by atoms with van der Waals surface area (Å²) in [6.07, 6.45) is 2.95. The molecule has 0 saturated carbocycles. The maximum absolute atomic E-state index is 12.3. The lowest BCUT2D eigenvalue weighted by Crippen LogP contribution is -2.27. The second-order valence-electron chi connectivity index (χ2n) is 3.05. The fraction of sp³-hybridized carbons (Fsp3) is 0.556. The van der Waals surface area contributed by atoms with E-state index in [-0.39, 0.29) is 5.69 Å². The molecule has 1 heterocycles. The van der Waals surface area contributed by atoms with Gasteiger partial charge >= 0.3 is 6.55 Å². The SMILES string of the molecule is CCCCNC(=O)c1ccnn1C(F)F. The highest BCUT2D eigenvalue weighted by Crippen LogP contribution is 2.11. The highest BCUT2D eigenvalue weighted by atomic mass is 19.3. The molecule has 0 atom stereocenters.